The molecule has 2 rings (SSSR count). The minimum atomic E-state index is 0.486. The van der Waals surface area contributed by atoms with E-state index in [4.69, 9.17) is 0 Å². The molecule has 0 spiro atoms. The summed E-state index contributed by atoms with van der Waals surface area (Å²) in [5.41, 5.74) is 0.972. The summed E-state index contributed by atoms with van der Waals surface area (Å²) in [5, 5.41) is 3.74. The SMILES string of the molecule is CC(C)CC1CN(C2C(C)(C)C2(C)C)CCCN1. The van der Waals surface area contributed by atoms with E-state index < -0.39 is 0 Å². The van der Waals surface area contributed by atoms with Gasteiger partial charge in [0.15, 0.2) is 0 Å². The Morgan fingerprint density at radius 3 is 2.28 bits per heavy atom. The molecule has 1 aliphatic heterocycles. The Hall–Kier alpha value is -0.0800. The van der Waals surface area contributed by atoms with Crippen molar-refractivity contribution < 1.29 is 0 Å². The molecule has 0 aromatic rings. The molecule has 1 unspecified atom stereocenters. The van der Waals surface area contributed by atoms with Gasteiger partial charge in [-0.3, -0.25) is 4.90 Å². The standard InChI is InChI=1S/C16H32N2/c1-12(2)10-13-11-18(9-7-8-17-13)14-15(3,4)16(14,5)6/h12-14,17H,7-11H2,1-6H3. The van der Waals surface area contributed by atoms with Crippen LogP contribution in [0.1, 0.15) is 54.4 Å². The Bertz CT molecular complexity index is 279. The minimum Gasteiger partial charge on any atom is -0.313 e. The smallest absolute Gasteiger partial charge is 0.0210 e. The van der Waals surface area contributed by atoms with Crippen LogP contribution in [0.25, 0.3) is 0 Å². The van der Waals surface area contributed by atoms with Crippen LogP contribution in [-0.2, 0) is 0 Å². The second-order valence-electron chi connectivity index (χ2n) is 7.97. The summed E-state index contributed by atoms with van der Waals surface area (Å²) < 4.78 is 0. The zero-order valence-electron chi connectivity index (χ0n) is 13.2. The van der Waals surface area contributed by atoms with Gasteiger partial charge in [0.2, 0.25) is 0 Å². The average molecular weight is 252 g/mol. The Morgan fingerprint density at radius 1 is 1.17 bits per heavy atom. The fourth-order valence-electron chi connectivity index (χ4n) is 4.06. The van der Waals surface area contributed by atoms with E-state index in [0.29, 0.717) is 16.9 Å². The molecule has 2 heteroatoms. The van der Waals surface area contributed by atoms with Gasteiger partial charge in [0, 0.05) is 18.6 Å². The van der Waals surface area contributed by atoms with Crippen LogP contribution in [0, 0.1) is 16.7 Å². The van der Waals surface area contributed by atoms with E-state index in [1.807, 2.05) is 0 Å². The van der Waals surface area contributed by atoms with Gasteiger partial charge in [0.05, 0.1) is 0 Å². The fraction of sp³-hybridized carbons (Fsp3) is 1.00. The monoisotopic (exact) mass is 252 g/mol. The van der Waals surface area contributed by atoms with Crippen molar-refractivity contribution in [3.8, 4) is 0 Å². The first-order valence-electron chi connectivity index (χ1n) is 7.74. The molecule has 0 radical (unpaired) electrons. The maximum atomic E-state index is 3.74. The van der Waals surface area contributed by atoms with Crippen LogP contribution in [0.2, 0.25) is 0 Å². The topological polar surface area (TPSA) is 15.3 Å². The molecule has 2 aliphatic rings. The van der Waals surface area contributed by atoms with Gasteiger partial charge in [-0.05, 0) is 42.7 Å². The normalized spacial score (nSPS) is 32.5. The lowest BCUT2D eigenvalue weighted by molar-refractivity contribution is 0.213. The van der Waals surface area contributed by atoms with Crippen LogP contribution >= 0.6 is 0 Å². The van der Waals surface area contributed by atoms with Crippen LogP contribution in [0.3, 0.4) is 0 Å². The van der Waals surface area contributed by atoms with Crippen molar-refractivity contribution in [2.24, 2.45) is 16.7 Å². The maximum absolute atomic E-state index is 3.74. The third-order valence-electron chi connectivity index (χ3n) is 5.58. The zero-order chi connectivity index (χ0) is 13.6. The van der Waals surface area contributed by atoms with Gasteiger partial charge in [-0.1, -0.05) is 41.5 Å². The van der Waals surface area contributed by atoms with Crippen molar-refractivity contribution in [2.75, 3.05) is 19.6 Å². The van der Waals surface area contributed by atoms with Gasteiger partial charge < -0.3 is 5.32 Å². The zero-order valence-corrected chi connectivity index (χ0v) is 13.2. The van der Waals surface area contributed by atoms with Crippen molar-refractivity contribution in [2.45, 2.75) is 66.5 Å². The van der Waals surface area contributed by atoms with E-state index in [2.05, 4.69) is 51.8 Å². The molecule has 0 amide bonds. The number of hydrogen-bond donors (Lipinski definition) is 1. The first-order chi connectivity index (χ1) is 8.26. The van der Waals surface area contributed by atoms with Crippen molar-refractivity contribution in [3.05, 3.63) is 0 Å². The fourth-order valence-corrected chi connectivity index (χ4v) is 4.06. The van der Waals surface area contributed by atoms with Gasteiger partial charge in [-0.2, -0.15) is 0 Å². The van der Waals surface area contributed by atoms with E-state index in [-0.39, 0.29) is 0 Å². The van der Waals surface area contributed by atoms with E-state index in [9.17, 15) is 0 Å². The Balaban J connectivity index is 2.01. The van der Waals surface area contributed by atoms with Crippen LogP contribution in [-0.4, -0.2) is 36.6 Å². The number of rotatable bonds is 3. The van der Waals surface area contributed by atoms with E-state index in [0.717, 1.165) is 12.0 Å². The summed E-state index contributed by atoms with van der Waals surface area (Å²) >= 11 is 0. The first-order valence-corrected chi connectivity index (χ1v) is 7.74. The summed E-state index contributed by atoms with van der Waals surface area (Å²) in [6.45, 7) is 18.1. The predicted octanol–water partition coefficient (Wildman–Crippen LogP) is 3.13. The molecule has 1 saturated heterocycles. The van der Waals surface area contributed by atoms with Gasteiger partial charge in [-0.15, -0.1) is 0 Å². The summed E-state index contributed by atoms with van der Waals surface area (Å²) in [6.07, 6.45) is 2.61. The highest BCUT2D eigenvalue weighted by atomic mass is 15.3. The van der Waals surface area contributed by atoms with Crippen LogP contribution < -0.4 is 5.32 Å². The molecule has 1 saturated carbocycles. The second kappa shape index (κ2) is 4.79. The van der Waals surface area contributed by atoms with Crippen molar-refractivity contribution in [1.29, 1.82) is 0 Å². The molecular weight excluding hydrogens is 220 g/mol. The number of nitrogens with zero attached hydrogens (tertiary/aromatic N) is 1. The number of nitrogens with one attached hydrogen (secondary N) is 1. The highest BCUT2D eigenvalue weighted by Gasteiger charge is 2.66. The van der Waals surface area contributed by atoms with E-state index >= 15 is 0 Å². The summed E-state index contributed by atoms with van der Waals surface area (Å²) in [5.74, 6) is 0.794. The molecule has 2 fully saturated rings. The molecular formula is C16H32N2. The van der Waals surface area contributed by atoms with Crippen molar-refractivity contribution in [1.82, 2.24) is 10.2 Å². The highest BCUT2D eigenvalue weighted by molar-refractivity contribution is 5.18. The van der Waals surface area contributed by atoms with Crippen LogP contribution in [0.5, 0.6) is 0 Å². The average Bonchev–Trinajstić information content (AvgIpc) is 2.72. The molecule has 0 aromatic carbocycles. The molecule has 106 valence electrons. The Morgan fingerprint density at radius 2 is 1.78 bits per heavy atom. The lowest BCUT2D eigenvalue weighted by Crippen LogP contribution is -2.41. The Kier molecular flexibility index (Phi) is 3.81. The predicted molar refractivity (Wildman–Crippen MR) is 78.8 cm³/mol. The molecule has 1 aliphatic carbocycles. The molecule has 0 aromatic heterocycles. The van der Waals surface area contributed by atoms with E-state index in [1.165, 1.54) is 32.5 Å². The van der Waals surface area contributed by atoms with E-state index in [1.54, 1.807) is 0 Å². The third-order valence-corrected chi connectivity index (χ3v) is 5.58. The molecule has 18 heavy (non-hydrogen) atoms. The lowest BCUT2D eigenvalue weighted by atomic mass is 10.0. The van der Waals surface area contributed by atoms with Gasteiger partial charge in [-0.25, -0.2) is 0 Å². The molecule has 2 nitrogen and oxygen atoms in total. The van der Waals surface area contributed by atoms with Crippen LogP contribution in [0.15, 0.2) is 0 Å². The number of hydrogen-bond acceptors (Lipinski definition) is 2. The highest BCUT2D eigenvalue weighted by Crippen LogP contribution is 2.65. The second-order valence-corrected chi connectivity index (χ2v) is 7.97. The van der Waals surface area contributed by atoms with Gasteiger partial charge >= 0.3 is 0 Å². The maximum Gasteiger partial charge on any atom is 0.0210 e. The van der Waals surface area contributed by atoms with Gasteiger partial charge in [0.1, 0.15) is 0 Å². The molecule has 1 atom stereocenters. The van der Waals surface area contributed by atoms with Crippen LogP contribution in [0.4, 0.5) is 0 Å². The summed E-state index contributed by atoms with van der Waals surface area (Å²) in [7, 11) is 0. The quantitative estimate of drug-likeness (QED) is 0.830. The molecule has 0 bridgehead atoms. The first kappa shape index (κ1) is 14.3. The van der Waals surface area contributed by atoms with Crippen molar-refractivity contribution in [3.63, 3.8) is 0 Å². The van der Waals surface area contributed by atoms with Gasteiger partial charge in [0.25, 0.3) is 0 Å². The third kappa shape index (κ3) is 2.46. The largest absolute Gasteiger partial charge is 0.313 e. The lowest BCUT2D eigenvalue weighted by Gasteiger charge is -2.27. The Labute approximate surface area is 114 Å². The molecule has 1 N–H and O–H groups in total. The summed E-state index contributed by atoms with van der Waals surface area (Å²) in [4.78, 5) is 2.77. The summed E-state index contributed by atoms with van der Waals surface area (Å²) in [6, 6.07) is 1.47. The molecule has 1 heterocycles. The minimum absolute atomic E-state index is 0.486. The van der Waals surface area contributed by atoms with Crippen molar-refractivity contribution >= 4 is 0 Å².